The second-order valence-electron chi connectivity index (χ2n) is 10.1. The number of hydrogen-bond donors (Lipinski definition) is 0. The molecule has 38 heavy (non-hydrogen) atoms. The molecule has 180 valence electrons. The molecular weight excluding hydrogens is 456 g/mol. The van der Waals surface area contributed by atoms with Crippen LogP contribution in [0.3, 0.4) is 0 Å². The van der Waals surface area contributed by atoms with E-state index in [2.05, 4.69) is 147 Å². The van der Waals surface area contributed by atoms with Crippen LogP contribution in [0, 0.1) is 13.8 Å². The minimum Gasteiger partial charge on any atom is -0.0622 e. The first-order chi connectivity index (χ1) is 18.7. The van der Waals surface area contributed by atoms with Crippen LogP contribution in [0.5, 0.6) is 0 Å². The maximum atomic E-state index is 2.31. The van der Waals surface area contributed by atoms with Crippen molar-refractivity contribution in [2.45, 2.75) is 13.8 Å². The van der Waals surface area contributed by atoms with E-state index in [1.807, 2.05) is 0 Å². The largest absolute Gasteiger partial charge is 0.0622 e. The molecule has 0 heterocycles. The van der Waals surface area contributed by atoms with Gasteiger partial charge in [-0.15, -0.1) is 0 Å². The minimum absolute atomic E-state index is 1.25. The Balaban J connectivity index is 1.50. The molecule has 0 amide bonds. The van der Waals surface area contributed by atoms with E-state index in [4.69, 9.17) is 0 Å². The summed E-state index contributed by atoms with van der Waals surface area (Å²) in [4.78, 5) is 0. The number of hydrogen-bond acceptors (Lipinski definition) is 0. The van der Waals surface area contributed by atoms with E-state index in [-0.39, 0.29) is 0 Å². The summed E-state index contributed by atoms with van der Waals surface area (Å²) < 4.78 is 0. The summed E-state index contributed by atoms with van der Waals surface area (Å²) in [7, 11) is 0. The van der Waals surface area contributed by atoms with Crippen molar-refractivity contribution in [2.24, 2.45) is 0 Å². The van der Waals surface area contributed by atoms with Crippen molar-refractivity contribution >= 4 is 32.3 Å². The highest BCUT2D eigenvalue weighted by Crippen LogP contribution is 2.43. The molecule has 7 rings (SSSR count). The monoisotopic (exact) mass is 484 g/mol. The van der Waals surface area contributed by atoms with Gasteiger partial charge in [0.05, 0.1) is 0 Å². The lowest BCUT2D eigenvalue weighted by atomic mass is 9.84. The van der Waals surface area contributed by atoms with E-state index in [1.165, 1.54) is 76.8 Å². The molecule has 0 aromatic heterocycles. The Morgan fingerprint density at radius 2 is 0.789 bits per heavy atom. The van der Waals surface area contributed by atoms with Crippen molar-refractivity contribution in [1.29, 1.82) is 0 Å². The van der Waals surface area contributed by atoms with Gasteiger partial charge in [0.2, 0.25) is 0 Å². The van der Waals surface area contributed by atoms with Gasteiger partial charge in [0.25, 0.3) is 0 Å². The Morgan fingerprint density at radius 3 is 1.50 bits per heavy atom. The maximum Gasteiger partial charge on any atom is -0.00668 e. The molecule has 0 saturated heterocycles. The Kier molecular flexibility index (Phi) is 5.34. The first kappa shape index (κ1) is 22.5. The van der Waals surface area contributed by atoms with Gasteiger partial charge in [0.15, 0.2) is 0 Å². The SMILES string of the molecule is Cc1c(-c2ccc(-c3ccccc3)c3ccccc23)cccc1-c1c(C)c2ccccc2c2ccccc12. The molecule has 0 nitrogen and oxygen atoms in total. The molecule has 0 bridgehead atoms. The maximum absolute atomic E-state index is 2.31. The second-order valence-corrected chi connectivity index (χ2v) is 10.1. The number of benzene rings is 7. The molecule has 0 atom stereocenters. The zero-order valence-electron chi connectivity index (χ0n) is 21.7. The molecule has 0 heteroatoms. The van der Waals surface area contributed by atoms with Crippen molar-refractivity contribution in [3.63, 3.8) is 0 Å². The number of fused-ring (bicyclic) bond motifs is 4. The fourth-order valence-corrected chi connectivity index (χ4v) is 6.27. The third-order valence-corrected chi connectivity index (χ3v) is 8.09. The van der Waals surface area contributed by atoms with E-state index >= 15 is 0 Å². The molecule has 0 unspecified atom stereocenters. The highest BCUT2D eigenvalue weighted by atomic mass is 14.2. The second kappa shape index (κ2) is 9.01. The van der Waals surface area contributed by atoms with Crippen molar-refractivity contribution < 1.29 is 0 Å². The lowest BCUT2D eigenvalue weighted by molar-refractivity contribution is 1.44. The molecule has 7 aromatic rings. The van der Waals surface area contributed by atoms with Gasteiger partial charge in [-0.25, -0.2) is 0 Å². The van der Waals surface area contributed by atoms with Crippen LogP contribution in [0.1, 0.15) is 11.1 Å². The summed E-state index contributed by atoms with van der Waals surface area (Å²) in [6.07, 6.45) is 0. The van der Waals surface area contributed by atoms with E-state index in [0.717, 1.165) is 0 Å². The van der Waals surface area contributed by atoms with Crippen LogP contribution in [0.25, 0.3) is 65.7 Å². The fourth-order valence-electron chi connectivity index (χ4n) is 6.27. The van der Waals surface area contributed by atoms with Crippen LogP contribution < -0.4 is 0 Å². The molecule has 0 aliphatic heterocycles. The van der Waals surface area contributed by atoms with Crippen LogP contribution >= 0.6 is 0 Å². The van der Waals surface area contributed by atoms with Gasteiger partial charge in [0.1, 0.15) is 0 Å². The number of aryl methyl sites for hydroxylation is 1. The summed E-state index contributed by atoms with van der Waals surface area (Å²) in [5.74, 6) is 0. The number of rotatable bonds is 3. The Morgan fingerprint density at radius 1 is 0.289 bits per heavy atom. The first-order valence-electron chi connectivity index (χ1n) is 13.3. The minimum atomic E-state index is 1.25. The van der Waals surface area contributed by atoms with Crippen LogP contribution in [-0.4, -0.2) is 0 Å². The normalized spacial score (nSPS) is 11.4. The lowest BCUT2D eigenvalue weighted by Gasteiger charge is -2.20. The highest BCUT2D eigenvalue weighted by molar-refractivity contribution is 6.16. The smallest absolute Gasteiger partial charge is 0.00668 e. The summed E-state index contributed by atoms with van der Waals surface area (Å²) in [6.45, 7) is 4.56. The third kappa shape index (κ3) is 3.45. The third-order valence-electron chi connectivity index (χ3n) is 8.09. The zero-order valence-corrected chi connectivity index (χ0v) is 21.7. The molecule has 0 N–H and O–H groups in total. The van der Waals surface area contributed by atoms with Gasteiger partial charge in [-0.2, -0.15) is 0 Å². The van der Waals surface area contributed by atoms with E-state index in [1.54, 1.807) is 0 Å². The van der Waals surface area contributed by atoms with Crippen molar-refractivity contribution in [3.05, 3.63) is 145 Å². The Labute approximate surface area is 223 Å². The van der Waals surface area contributed by atoms with E-state index < -0.39 is 0 Å². The van der Waals surface area contributed by atoms with Crippen LogP contribution in [-0.2, 0) is 0 Å². The lowest BCUT2D eigenvalue weighted by Crippen LogP contribution is -1.95. The topological polar surface area (TPSA) is 0 Å². The summed E-state index contributed by atoms with van der Waals surface area (Å²) in [5.41, 5.74) is 10.4. The van der Waals surface area contributed by atoms with Gasteiger partial charge >= 0.3 is 0 Å². The molecule has 0 radical (unpaired) electrons. The molecule has 0 fully saturated rings. The zero-order chi connectivity index (χ0) is 25.6. The average Bonchev–Trinajstić information content (AvgIpc) is 2.98. The van der Waals surface area contributed by atoms with Crippen LogP contribution in [0.4, 0.5) is 0 Å². The Bertz CT molecular complexity index is 1980. The predicted octanol–water partition coefficient (Wildman–Crippen LogP) is 10.8. The highest BCUT2D eigenvalue weighted by Gasteiger charge is 2.17. The quantitative estimate of drug-likeness (QED) is 0.219. The van der Waals surface area contributed by atoms with Crippen molar-refractivity contribution in [2.75, 3.05) is 0 Å². The molecular formula is C38H28. The van der Waals surface area contributed by atoms with Gasteiger partial charge < -0.3 is 0 Å². The average molecular weight is 485 g/mol. The standard InChI is InChI=1S/C38H28/c1-25-28(36-24-23-31(27-13-4-3-5-14-27)33-17-8-9-18-34(33)36)21-12-22-30(25)38-26(2)29-15-6-7-16-32(29)35-19-10-11-20-37(35)38/h3-24H,1-2H3. The van der Waals surface area contributed by atoms with E-state index in [0.29, 0.717) is 0 Å². The van der Waals surface area contributed by atoms with Crippen molar-refractivity contribution in [3.8, 4) is 33.4 Å². The molecule has 7 aromatic carbocycles. The van der Waals surface area contributed by atoms with E-state index in [9.17, 15) is 0 Å². The molecule has 0 aliphatic carbocycles. The predicted molar refractivity (Wildman–Crippen MR) is 165 cm³/mol. The van der Waals surface area contributed by atoms with Crippen LogP contribution in [0.15, 0.2) is 133 Å². The molecule has 0 aliphatic rings. The van der Waals surface area contributed by atoms with Gasteiger partial charge in [-0.3, -0.25) is 0 Å². The van der Waals surface area contributed by atoms with Gasteiger partial charge in [-0.05, 0) is 90.7 Å². The van der Waals surface area contributed by atoms with Crippen molar-refractivity contribution in [1.82, 2.24) is 0 Å². The fraction of sp³-hybridized carbons (Fsp3) is 0.0526. The van der Waals surface area contributed by atoms with Crippen LogP contribution in [0.2, 0.25) is 0 Å². The molecule has 0 saturated carbocycles. The summed E-state index contributed by atoms with van der Waals surface area (Å²) in [5, 5.41) is 7.84. The van der Waals surface area contributed by atoms with Gasteiger partial charge in [0, 0.05) is 0 Å². The first-order valence-corrected chi connectivity index (χ1v) is 13.3. The molecule has 0 spiro atoms. The van der Waals surface area contributed by atoms with Gasteiger partial charge in [-0.1, -0.05) is 133 Å². The Hall–Kier alpha value is -4.68. The summed E-state index contributed by atoms with van der Waals surface area (Å²) >= 11 is 0. The summed E-state index contributed by atoms with van der Waals surface area (Å²) in [6, 6.07) is 48.5.